The van der Waals surface area contributed by atoms with Gasteiger partial charge in [-0.1, -0.05) is 181 Å². The third-order valence-electron chi connectivity index (χ3n) is 11.5. The van der Waals surface area contributed by atoms with E-state index in [1.54, 1.807) is 0 Å². The van der Waals surface area contributed by atoms with Crippen molar-refractivity contribution >= 4 is 49.7 Å². The van der Waals surface area contributed by atoms with Crippen LogP contribution in [0, 0.1) is 23.7 Å². The molecule has 0 rings (SSSR count). The van der Waals surface area contributed by atoms with Gasteiger partial charge < -0.3 is 19.8 Å². The fourth-order valence-corrected chi connectivity index (χ4v) is 7.39. The van der Waals surface area contributed by atoms with E-state index in [-0.39, 0.29) is 50.8 Å². The van der Waals surface area contributed by atoms with Gasteiger partial charge in [-0.3, -0.25) is 9.80 Å². The summed E-state index contributed by atoms with van der Waals surface area (Å²) in [6, 6.07) is 0. The second kappa shape index (κ2) is 48.1. The Morgan fingerprint density at radius 3 is 0.780 bits per heavy atom. The molecule has 0 radical (unpaired) electrons. The number of allylic oxidation sites excluding steroid dienone is 8. The Morgan fingerprint density at radius 2 is 0.610 bits per heavy atom. The van der Waals surface area contributed by atoms with Gasteiger partial charge in [-0.15, -0.1) is 0 Å². The summed E-state index contributed by atoms with van der Waals surface area (Å²) in [5, 5.41) is 22.6. The van der Waals surface area contributed by atoms with E-state index >= 15 is 0 Å². The Morgan fingerprint density at radius 1 is 0.390 bits per heavy atom. The molecule has 0 aromatic heterocycles. The molecule has 0 N–H and O–H groups in total. The second-order valence-corrected chi connectivity index (χ2v) is 17.0. The van der Waals surface area contributed by atoms with Crippen LogP contribution in [-0.2, 0) is 9.59 Å². The maximum atomic E-state index is 11.3. The Hall–Kier alpha value is -0.920. The van der Waals surface area contributed by atoms with E-state index in [0.29, 0.717) is 23.7 Å². The van der Waals surface area contributed by atoms with Crippen molar-refractivity contribution in [3.63, 3.8) is 0 Å². The number of nitrogens with zero attached hydrogens (tertiary/aromatic N) is 2. The molecule has 0 heterocycles. The molecule has 59 heavy (non-hydrogen) atoms. The molecule has 0 spiro atoms. The Labute approximate surface area is 397 Å². The first-order chi connectivity index (χ1) is 28.1. The number of aliphatic carboxylic acids is 2. The molecule has 0 saturated carbocycles. The van der Waals surface area contributed by atoms with E-state index in [1.807, 2.05) is 0 Å². The van der Waals surface area contributed by atoms with Crippen molar-refractivity contribution in [2.24, 2.45) is 23.7 Å². The van der Waals surface area contributed by atoms with Crippen LogP contribution >= 0.6 is 0 Å². The number of unbranched alkanes of at least 4 members (excludes halogenated alkanes) is 12. The van der Waals surface area contributed by atoms with Crippen LogP contribution in [0.3, 0.4) is 0 Å². The molecule has 6 nitrogen and oxygen atoms in total. The van der Waals surface area contributed by atoms with Crippen LogP contribution in [0.2, 0.25) is 0 Å². The third kappa shape index (κ3) is 43.5. The van der Waals surface area contributed by atoms with Crippen LogP contribution in [0.5, 0.6) is 0 Å². The minimum atomic E-state index is -0.958. The zero-order valence-electron chi connectivity index (χ0n) is 40.4. The summed E-state index contributed by atoms with van der Waals surface area (Å²) in [7, 11) is 0. The molecule has 0 aromatic carbocycles. The van der Waals surface area contributed by atoms with Crippen molar-refractivity contribution in [2.45, 2.75) is 209 Å². The maximum absolute atomic E-state index is 11.3. The summed E-state index contributed by atoms with van der Waals surface area (Å²) < 4.78 is 0. The van der Waals surface area contributed by atoms with Gasteiger partial charge in [0, 0.05) is 39.3 Å². The number of carbonyl (C=O) groups excluding carboxylic acids is 2. The van der Waals surface area contributed by atoms with Crippen molar-refractivity contribution in [3.8, 4) is 0 Å². The van der Waals surface area contributed by atoms with E-state index < -0.39 is 11.9 Å². The summed E-state index contributed by atoms with van der Waals surface area (Å²) in [4.78, 5) is 26.8. The van der Waals surface area contributed by atoms with Crippen LogP contribution < -0.4 is 10.2 Å². The van der Waals surface area contributed by atoms with E-state index in [1.165, 1.54) is 77.0 Å². The van der Waals surface area contributed by atoms with E-state index in [9.17, 15) is 19.8 Å². The summed E-state index contributed by atoms with van der Waals surface area (Å²) in [6.45, 7) is 21.3. The van der Waals surface area contributed by atoms with Gasteiger partial charge in [0.05, 0.1) is 11.9 Å². The number of carboxylic acid groups (broad SMARTS) is 2. The van der Waals surface area contributed by atoms with Gasteiger partial charge in [-0.05, 0) is 101 Å². The molecule has 0 fully saturated rings. The number of carboxylic acids is 2. The standard InChI is InChI=1S/2C26H49NO2.Ca/c2*1-5-9-11-13-15-17-19-24(7-3)21-27(23-26(28)29)22-25(8-4)20-18-16-14-12-10-6-2;/h2*15-18,24-25H,5-14,19-23H2,1-4H3,(H,28,29);/q;;+2/p-2/b2*17-15+,18-16+;. The maximum Gasteiger partial charge on any atom is 2.00 e. The van der Waals surface area contributed by atoms with Gasteiger partial charge in [0.25, 0.3) is 0 Å². The minimum absolute atomic E-state index is 0. The Bertz CT molecular complexity index is 884. The summed E-state index contributed by atoms with van der Waals surface area (Å²) in [6.07, 6.45) is 46.9. The molecule has 0 bridgehead atoms. The molecule has 4 atom stereocenters. The number of rotatable bonds is 40. The molecule has 7 heteroatoms. The second-order valence-electron chi connectivity index (χ2n) is 17.0. The first kappa shape index (κ1) is 62.4. The third-order valence-corrected chi connectivity index (χ3v) is 11.5. The Balaban J connectivity index is -0.00000105. The molecule has 0 aliphatic rings. The zero-order valence-corrected chi connectivity index (χ0v) is 42.6. The topological polar surface area (TPSA) is 86.7 Å². The molecule has 0 aliphatic carbocycles. The van der Waals surface area contributed by atoms with Crippen molar-refractivity contribution < 1.29 is 19.8 Å². The molecule has 0 aromatic rings. The summed E-state index contributed by atoms with van der Waals surface area (Å²) in [5.41, 5.74) is 0. The average Bonchev–Trinajstić information content (AvgIpc) is 3.20. The molecule has 4 unspecified atom stereocenters. The van der Waals surface area contributed by atoms with Gasteiger partial charge in [-0.25, -0.2) is 0 Å². The molecule has 0 saturated heterocycles. The number of carbonyl (C=O) groups is 2. The number of hydrogen-bond donors (Lipinski definition) is 0. The molecule has 0 amide bonds. The molecule has 0 aliphatic heterocycles. The van der Waals surface area contributed by atoms with E-state index in [2.05, 4.69) is 114 Å². The van der Waals surface area contributed by atoms with Crippen LogP contribution in [0.25, 0.3) is 0 Å². The number of hydrogen-bond acceptors (Lipinski definition) is 6. The fraction of sp³-hybridized carbons (Fsp3) is 0.808. The van der Waals surface area contributed by atoms with Gasteiger partial charge in [0.15, 0.2) is 0 Å². The van der Waals surface area contributed by atoms with Crippen molar-refractivity contribution in [1.29, 1.82) is 0 Å². The van der Waals surface area contributed by atoms with Crippen molar-refractivity contribution in [1.82, 2.24) is 9.80 Å². The van der Waals surface area contributed by atoms with Crippen LogP contribution in [0.1, 0.15) is 209 Å². The van der Waals surface area contributed by atoms with Crippen LogP contribution in [-0.4, -0.2) is 98.7 Å². The quantitative estimate of drug-likeness (QED) is 0.0347. The SMILES string of the molecule is CCCCC/C=C/CC(CC)CN(CC(=O)[O-])CC(CC)C/C=C/CCCCC.CCCCC/C=C/CC(CC)CN(CC(=O)[O-])CC(CC)C/C=C/CCCCC.[Ca+2]. The summed E-state index contributed by atoms with van der Waals surface area (Å²) >= 11 is 0. The zero-order chi connectivity index (χ0) is 43.5. The van der Waals surface area contributed by atoms with Gasteiger partial charge >= 0.3 is 37.7 Å². The van der Waals surface area contributed by atoms with Gasteiger partial charge in [-0.2, -0.15) is 0 Å². The molecule has 340 valence electrons. The van der Waals surface area contributed by atoms with E-state index in [0.717, 1.165) is 103 Å². The first-order valence-electron chi connectivity index (χ1n) is 24.6. The smallest absolute Gasteiger partial charge is 0.549 e. The average molecular weight is 853 g/mol. The fourth-order valence-electron chi connectivity index (χ4n) is 7.39. The minimum Gasteiger partial charge on any atom is -0.549 e. The molecular weight excluding hydrogens is 757 g/mol. The normalized spacial score (nSPS) is 14.0. The first-order valence-corrected chi connectivity index (χ1v) is 24.6. The van der Waals surface area contributed by atoms with Crippen molar-refractivity contribution in [2.75, 3.05) is 39.3 Å². The Kier molecular flexibility index (Phi) is 50.9. The summed E-state index contributed by atoms with van der Waals surface area (Å²) in [5.74, 6) is 0.135. The van der Waals surface area contributed by atoms with Gasteiger partial charge in [0.1, 0.15) is 0 Å². The predicted octanol–water partition coefficient (Wildman–Crippen LogP) is 11.9. The largest absolute Gasteiger partial charge is 2.00 e. The monoisotopic (exact) mass is 853 g/mol. The van der Waals surface area contributed by atoms with Crippen molar-refractivity contribution in [3.05, 3.63) is 48.6 Å². The molecular formula is C52H96CaN2O4. The van der Waals surface area contributed by atoms with Crippen LogP contribution in [0.4, 0.5) is 0 Å². The van der Waals surface area contributed by atoms with Gasteiger partial charge in [0.2, 0.25) is 0 Å². The predicted molar refractivity (Wildman–Crippen MR) is 255 cm³/mol. The van der Waals surface area contributed by atoms with Crippen LogP contribution in [0.15, 0.2) is 48.6 Å². The van der Waals surface area contributed by atoms with E-state index in [4.69, 9.17) is 0 Å².